The minimum absolute atomic E-state index is 0.296. The third-order valence-electron chi connectivity index (χ3n) is 4.52. The third-order valence-corrected chi connectivity index (χ3v) is 4.52. The highest BCUT2D eigenvalue weighted by Crippen LogP contribution is 2.31. The van der Waals surface area contributed by atoms with Crippen molar-refractivity contribution in [2.24, 2.45) is 0 Å². The third kappa shape index (κ3) is 3.84. The maximum Gasteiger partial charge on any atom is 0.416 e. The highest BCUT2D eigenvalue weighted by atomic mass is 19.4. The van der Waals surface area contributed by atoms with Crippen molar-refractivity contribution in [3.8, 4) is 5.82 Å². The zero-order chi connectivity index (χ0) is 20.6. The van der Waals surface area contributed by atoms with Crippen LogP contribution in [-0.2, 0) is 6.18 Å². The van der Waals surface area contributed by atoms with E-state index >= 15 is 0 Å². The summed E-state index contributed by atoms with van der Waals surface area (Å²) in [7, 11) is 0. The van der Waals surface area contributed by atoms with Gasteiger partial charge in [-0.05, 0) is 48.9 Å². The zero-order valence-corrected chi connectivity index (χ0v) is 15.4. The minimum atomic E-state index is -4.39. The van der Waals surface area contributed by atoms with Gasteiger partial charge in [-0.2, -0.15) is 18.2 Å². The van der Waals surface area contributed by atoms with Gasteiger partial charge in [0.25, 0.3) is 0 Å². The lowest BCUT2D eigenvalue weighted by Crippen LogP contribution is -2.12. The summed E-state index contributed by atoms with van der Waals surface area (Å²) >= 11 is 0. The molecule has 0 aliphatic carbocycles. The molecule has 2 heterocycles. The molecule has 6 nitrogen and oxygen atoms in total. The first-order valence-corrected chi connectivity index (χ1v) is 8.81. The van der Waals surface area contributed by atoms with Crippen LogP contribution >= 0.6 is 0 Å². The number of benzene rings is 2. The summed E-state index contributed by atoms with van der Waals surface area (Å²) in [5.41, 5.74) is 7.75. The Morgan fingerprint density at radius 1 is 1.07 bits per heavy atom. The van der Waals surface area contributed by atoms with Crippen LogP contribution in [0.3, 0.4) is 0 Å². The molecule has 1 unspecified atom stereocenters. The zero-order valence-electron chi connectivity index (χ0n) is 15.4. The van der Waals surface area contributed by atoms with Gasteiger partial charge in [-0.25, -0.2) is 9.97 Å². The van der Waals surface area contributed by atoms with Crippen LogP contribution in [0.25, 0.3) is 16.9 Å². The second-order valence-corrected chi connectivity index (χ2v) is 6.59. The first-order valence-electron chi connectivity index (χ1n) is 8.81. The van der Waals surface area contributed by atoms with Crippen LogP contribution in [0.15, 0.2) is 61.1 Å². The van der Waals surface area contributed by atoms with Crippen LogP contribution in [-0.4, -0.2) is 19.5 Å². The molecule has 0 spiro atoms. The lowest BCUT2D eigenvalue weighted by atomic mass is 10.1. The Morgan fingerprint density at radius 2 is 1.90 bits per heavy atom. The van der Waals surface area contributed by atoms with Gasteiger partial charge in [-0.15, -0.1) is 0 Å². The molecule has 0 amide bonds. The van der Waals surface area contributed by atoms with Crippen LogP contribution in [0.1, 0.15) is 24.1 Å². The SMILES string of the molecule is CC(Nc1nccc(-n2cnc3cc(N)ccc32)n1)c1cccc(C(F)(F)F)c1. The number of hydrogen-bond donors (Lipinski definition) is 2. The van der Waals surface area contributed by atoms with E-state index < -0.39 is 17.8 Å². The van der Waals surface area contributed by atoms with Crippen molar-refractivity contribution in [1.29, 1.82) is 0 Å². The summed E-state index contributed by atoms with van der Waals surface area (Å²) in [5, 5.41) is 3.05. The standard InChI is InChI=1S/C20H17F3N6/c1-12(13-3-2-4-14(9-13)20(21,22)23)27-19-25-8-7-18(28-19)29-11-26-16-10-15(24)5-6-17(16)29/h2-12H,24H2,1H3,(H,25,27,28). The van der Waals surface area contributed by atoms with Crippen molar-refractivity contribution in [2.45, 2.75) is 19.1 Å². The summed E-state index contributed by atoms with van der Waals surface area (Å²) in [4.78, 5) is 13.0. The number of rotatable bonds is 4. The molecule has 0 fully saturated rings. The topological polar surface area (TPSA) is 81.7 Å². The lowest BCUT2D eigenvalue weighted by molar-refractivity contribution is -0.137. The molecule has 0 saturated carbocycles. The molecular weight excluding hydrogens is 381 g/mol. The van der Waals surface area contributed by atoms with Crippen LogP contribution in [0.4, 0.5) is 24.8 Å². The van der Waals surface area contributed by atoms with Gasteiger partial charge in [0, 0.05) is 11.9 Å². The van der Waals surface area contributed by atoms with Crippen LogP contribution in [0, 0.1) is 0 Å². The van der Waals surface area contributed by atoms with Crippen molar-refractivity contribution >= 4 is 22.7 Å². The van der Waals surface area contributed by atoms with E-state index in [1.165, 1.54) is 6.07 Å². The van der Waals surface area contributed by atoms with Crippen LogP contribution in [0.5, 0.6) is 0 Å². The molecule has 3 N–H and O–H groups in total. The quantitative estimate of drug-likeness (QED) is 0.492. The number of imidazole rings is 1. The summed E-state index contributed by atoms with van der Waals surface area (Å²) in [6.45, 7) is 1.75. The van der Waals surface area contributed by atoms with E-state index in [2.05, 4.69) is 20.3 Å². The highest BCUT2D eigenvalue weighted by molar-refractivity contribution is 5.80. The molecule has 29 heavy (non-hydrogen) atoms. The Hall–Kier alpha value is -3.62. The maximum absolute atomic E-state index is 13.0. The Morgan fingerprint density at radius 3 is 2.69 bits per heavy atom. The first kappa shape index (κ1) is 18.7. The molecule has 4 aromatic rings. The largest absolute Gasteiger partial charge is 0.416 e. The Labute approximate surface area is 164 Å². The average Bonchev–Trinajstić information content (AvgIpc) is 3.10. The predicted molar refractivity (Wildman–Crippen MR) is 105 cm³/mol. The Kier molecular flexibility index (Phi) is 4.57. The average molecular weight is 398 g/mol. The van der Waals surface area contributed by atoms with Gasteiger partial charge in [0.05, 0.1) is 22.6 Å². The Bertz CT molecular complexity index is 1170. The van der Waals surface area contributed by atoms with Crippen molar-refractivity contribution in [3.05, 3.63) is 72.2 Å². The number of nitrogens with zero attached hydrogens (tertiary/aromatic N) is 4. The number of anilines is 2. The smallest absolute Gasteiger partial charge is 0.399 e. The monoisotopic (exact) mass is 398 g/mol. The second-order valence-electron chi connectivity index (χ2n) is 6.59. The Balaban J connectivity index is 1.61. The minimum Gasteiger partial charge on any atom is -0.399 e. The maximum atomic E-state index is 13.0. The number of nitrogen functional groups attached to an aromatic ring is 1. The molecule has 148 valence electrons. The van der Waals surface area contributed by atoms with Crippen molar-refractivity contribution in [1.82, 2.24) is 19.5 Å². The fourth-order valence-electron chi connectivity index (χ4n) is 3.03. The highest BCUT2D eigenvalue weighted by Gasteiger charge is 2.30. The normalized spacial score (nSPS) is 12.8. The van der Waals surface area contributed by atoms with Gasteiger partial charge in [-0.3, -0.25) is 4.57 Å². The molecule has 0 radical (unpaired) electrons. The summed E-state index contributed by atoms with van der Waals surface area (Å²) in [5.74, 6) is 0.871. The molecule has 0 bridgehead atoms. The van der Waals surface area contributed by atoms with Gasteiger partial charge in [0.15, 0.2) is 0 Å². The molecule has 2 aromatic heterocycles. The molecule has 0 aliphatic rings. The molecule has 2 aromatic carbocycles. The summed E-state index contributed by atoms with van der Waals surface area (Å²) < 4.78 is 40.7. The van der Waals surface area contributed by atoms with E-state index in [0.29, 0.717) is 23.0 Å². The predicted octanol–water partition coefficient (Wildman–Crippen LogP) is 4.59. The summed E-state index contributed by atoms with van der Waals surface area (Å²) in [6, 6.07) is 11.9. The van der Waals surface area contributed by atoms with Gasteiger partial charge in [0.2, 0.25) is 5.95 Å². The fraction of sp³-hybridized carbons (Fsp3) is 0.150. The lowest BCUT2D eigenvalue weighted by Gasteiger charge is -2.16. The van der Waals surface area contributed by atoms with Crippen molar-refractivity contribution in [2.75, 3.05) is 11.1 Å². The van der Waals surface area contributed by atoms with Gasteiger partial charge < -0.3 is 11.1 Å². The number of fused-ring (bicyclic) bond motifs is 1. The van der Waals surface area contributed by atoms with Crippen LogP contribution < -0.4 is 11.1 Å². The second kappa shape index (κ2) is 7.08. The van der Waals surface area contributed by atoms with E-state index in [1.54, 1.807) is 48.3 Å². The van der Waals surface area contributed by atoms with E-state index in [1.807, 2.05) is 6.07 Å². The molecule has 0 saturated heterocycles. The van der Waals surface area contributed by atoms with Gasteiger partial charge >= 0.3 is 6.18 Å². The first-order chi connectivity index (χ1) is 13.8. The van der Waals surface area contributed by atoms with Crippen molar-refractivity contribution in [3.63, 3.8) is 0 Å². The van der Waals surface area contributed by atoms with E-state index in [0.717, 1.165) is 23.2 Å². The van der Waals surface area contributed by atoms with E-state index in [9.17, 15) is 13.2 Å². The number of nitrogens with two attached hydrogens (primary N) is 1. The molecule has 0 aliphatic heterocycles. The molecule has 9 heteroatoms. The van der Waals surface area contributed by atoms with E-state index in [-0.39, 0.29) is 0 Å². The number of alkyl halides is 3. The number of nitrogens with one attached hydrogen (secondary N) is 1. The number of aromatic nitrogens is 4. The van der Waals surface area contributed by atoms with Gasteiger partial charge in [0.1, 0.15) is 12.1 Å². The molecule has 4 rings (SSSR count). The summed E-state index contributed by atoms with van der Waals surface area (Å²) in [6.07, 6.45) is -1.18. The molecule has 1 atom stereocenters. The van der Waals surface area contributed by atoms with Crippen LogP contribution in [0.2, 0.25) is 0 Å². The van der Waals surface area contributed by atoms with E-state index in [4.69, 9.17) is 5.73 Å². The number of halogens is 3. The number of hydrogen-bond acceptors (Lipinski definition) is 5. The molecular formula is C20H17F3N6. The van der Waals surface area contributed by atoms with Gasteiger partial charge in [-0.1, -0.05) is 12.1 Å². The fourth-order valence-corrected chi connectivity index (χ4v) is 3.03. The van der Waals surface area contributed by atoms with Crippen molar-refractivity contribution < 1.29 is 13.2 Å².